The van der Waals surface area contributed by atoms with Crippen LogP contribution in [0.4, 0.5) is 16.2 Å². The second-order valence-corrected chi connectivity index (χ2v) is 7.79. The number of nitrogens with zero attached hydrogens (tertiary/aromatic N) is 3. The molecule has 3 rings (SSSR count). The molecule has 1 aliphatic carbocycles. The number of carbonyl (C=O) groups is 1. The molecule has 1 fully saturated rings. The molecule has 29 heavy (non-hydrogen) atoms. The Morgan fingerprint density at radius 1 is 1.14 bits per heavy atom. The van der Waals surface area contributed by atoms with Crippen molar-refractivity contribution in [1.82, 2.24) is 15.3 Å². The molecule has 0 aliphatic heterocycles. The lowest BCUT2D eigenvalue weighted by atomic mass is 9.91. The Bertz CT molecular complexity index is 857. The molecule has 0 bridgehead atoms. The van der Waals surface area contributed by atoms with Gasteiger partial charge in [0, 0.05) is 43.5 Å². The molecular formula is C20H26Cl2FN5O. The highest BCUT2D eigenvalue weighted by molar-refractivity contribution is 6.31. The van der Waals surface area contributed by atoms with E-state index in [4.69, 9.17) is 11.6 Å². The number of aryl methyl sites for hydroxylation is 1. The number of aromatic nitrogens is 2. The smallest absolute Gasteiger partial charge is 0.251 e. The molecule has 1 aromatic carbocycles. The van der Waals surface area contributed by atoms with Gasteiger partial charge in [0.2, 0.25) is 5.95 Å². The van der Waals surface area contributed by atoms with Crippen molar-refractivity contribution in [3.8, 4) is 0 Å². The quantitative estimate of drug-likeness (QED) is 0.726. The van der Waals surface area contributed by atoms with Crippen LogP contribution in [0.25, 0.3) is 0 Å². The number of nitrogens with one attached hydrogen (secondary N) is 2. The third-order valence-corrected chi connectivity index (χ3v) is 5.13. The van der Waals surface area contributed by atoms with Crippen LogP contribution in [-0.4, -0.2) is 42.1 Å². The average Bonchev–Trinajstić information content (AvgIpc) is 2.65. The Labute approximate surface area is 181 Å². The Hall–Kier alpha value is -2.12. The van der Waals surface area contributed by atoms with E-state index in [1.165, 1.54) is 18.2 Å². The lowest BCUT2D eigenvalue weighted by Gasteiger charge is -2.30. The Kier molecular flexibility index (Phi) is 8.05. The fourth-order valence-electron chi connectivity index (χ4n) is 3.32. The summed E-state index contributed by atoms with van der Waals surface area (Å²) in [6.07, 6.45) is 3.58. The molecule has 1 amide bonds. The highest BCUT2D eigenvalue weighted by Crippen LogP contribution is 2.23. The Morgan fingerprint density at radius 3 is 2.41 bits per heavy atom. The van der Waals surface area contributed by atoms with E-state index in [1.54, 1.807) is 0 Å². The van der Waals surface area contributed by atoms with Crippen LogP contribution >= 0.6 is 24.0 Å². The molecule has 0 unspecified atom stereocenters. The minimum Gasteiger partial charge on any atom is -0.367 e. The highest BCUT2D eigenvalue weighted by atomic mass is 35.5. The van der Waals surface area contributed by atoms with Gasteiger partial charge in [-0.15, -0.1) is 12.4 Å². The summed E-state index contributed by atoms with van der Waals surface area (Å²) in [5.41, 5.74) is 1.29. The zero-order valence-electron chi connectivity index (χ0n) is 16.7. The number of halogens is 3. The fourth-order valence-corrected chi connectivity index (χ4v) is 3.50. The van der Waals surface area contributed by atoms with Crippen molar-refractivity contribution in [2.24, 2.45) is 0 Å². The van der Waals surface area contributed by atoms with Crippen molar-refractivity contribution < 1.29 is 9.18 Å². The van der Waals surface area contributed by atoms with E-state index >= 15 is 0 Å². The van der Waals surface area contributed by atoms with Gasteiger partial charge in [-0.05, 0) is 50.8 Å². The van der Waals surface area contributed by atoms with E-state index < -0.39 is 5.82 Å². The van der Waals surface area contributed by atoms with Crippen LogP contribution in [0.1, 0.15) is 41.7 Å². The van der Waals surface area contributed by atoms with Crippen LogP contribution in [0.2, 0.25) is 5.02 Å². The summed E-state index contributed by atoms with van der Waals surface area (Å²) in [4.78, 5) is 23.2. The van der Waals surface area contributed by atoms with E-state index in [1.807, 2.05) is 32.0 Å². The molecule has 0 atom stereocenters. The number of hydrogen-bond acceptors (Lipinski definition) is 5. The maximum atomic E-state index is 13.3. The number of hydrogen-bond donors (Lipinski definition) is 2. The maximum absolute atomic E-state index is 13.3. The molecule has 0 spiro atoms. The molecule has 9 heteroatoms. The zero-order valence-corrected chi connectivity index (χ0v) is 18.3. The zero-order chi connectivity index (χ0) is 20.3. The maximum Gasteiger partial charge on any atom is 0.251 e. The van der Waals surface area contributed by atoms with Crippen molar-refractivity contribution in [3.63, 3.8) is 0 Å². The predicted molar refractivity (Wildman–Crippen MR) is 117 cm³/mol. The van der Waals surface area contributed by atoms with E-state index in [9.17, 15) is 9.18 Å². The fraction of sp³-hybridized carbons (Fsp3) is 0.450. The van der Waals surface area contributed by atoms with Crippen LogP contribution in [-0.2, 0) is 0 Å². The van der Waals surface area contributed by atoms with E-state index in [2.05, 4.69) is 20.6 Å². The monoisotopic (exact) mass is 441 g/mol. The molecule has 158 valence electrons. The summed E-state index contributed by atoms with van der Waals surface area (Å²) >= 11 is 5.76. The van der Waals surface area contributed by atoms with Gasteiger partial charge in [0.25, 0.3) is 5.91 Å². The first kappa shape index (κ1) is 23.2. The summed E-state index contributed by atoms with van der Waals surface area (Å²) in [7, 11) is 3.83. The summed E-state index contributed by atoms with van der Waals surface area (Å²) in [5, 5.41) is 6.46. The van der Waals surface area contributed by atoms with Gasteiger partial charge in [0.1, 0.15) is 11.6 Å². The van der Waals surface area contributed by atoms with E-state index in [-0.39, 0.29) is 29.4 Å². The molecule has 1 saturated carbocycles. The van der Waals surface area contributed by atoms with Crippen molar-refractivity contribution in [1.29, 1.82) is 0 Å². The van der Waals surface area contributed by atoms with Crippen molar-refractivity contribution in [2.45, 2.75) is 44.7 Å². The van der Waals surface area contributed by atoms with Gasteiger partial charge in [0.15, 0.2) is 0 Å². The number of benzene rings is 1. The second-order valence-electron chi connectivity index (χ2n) is 7.38. The minimum atomic E-state index is -0.526. The lowest BCUT2D eigenvalue weighted by molar-refractivity contribution is 0.0926. The van der Waals surface area contributed by atoms with Gasteiger partial charge in [-0.3, -0.25) is 4.79 Å². The summed E-state index contributed by atoms with van der Waals surface area (Å²) in [6.45, 7) is 1.95. The van der Waals surface area contributed by atoms with Crippen LogP contribution < -0.4 is 15.5 Å². The van der Waals surface area contributed by atoms with Gasteiger partial charge >= 0.3 is 0 Å². The minimum absolute atomic E-state index is 0. The van der Waals surface area contributed by atoms with Crippen molar-refractivity contribution in [3.05, 3.63) is 46.4 Å². The first-order chi connectivity index (χ1) is 13.3. The van der Waals surface area contributed by atoms with Gasteiger partial charge < -0.3 is 15.5 Å². The van der Waals surface area contributed by atoms with Gasteiger partial charge in [-0.1, -0.05) is 11.6 Å². The molecule has 1 aliphatic rings. The normalized spacial score (nSPS) is 18.5. The lowest BCUT2D eigenvalue weighted by Crippen LogP contribution is -2.40. The predicted octanol–water partition coefficient (Wildman–Crippen LogP) is 4.22. The highest BCUT2D eigenvalue weighted by Gasteiger charge is 2.23. The van der Waals surface area contributed by atoms with Gasteiger partial charge in [-0.2, -0.15) is 4.98 Å². The van der Waals surface area contributed by atoms with E-state index in [0.717, 1.165) is 37.2 Å². The van der Waals surface area contributed by atoms with Crippen molar-refractivity contribution >= 4 is 41.7 Å². The Morgan fingerprint density at radius 2 is 1.79 bits per heavy atom. The molecule has 2 aromatic rings. The van der Waals surface area contributed by atoms with Gasteiger partial charge in [-0.25, -0.2) is 9.37 Å². The second kappa shape index (κ2) is 10.1. The number of anilines is 2. The number of carbonyl (C=O) groups excluding carboxylic acids is 1. The Balaban J connectivity index is 0.00000300. The number of amides is 1. The molecular weight excluding hydrogens is 416 g/mol. The van der Waals surface area contributed by atoms with Crippen molar-refractivity contribution in [2.75, 3.05) is 24.3 Å². The topological polar surface area (TPSA) is 70.2 Å². The SMILES string of the molecule is Cc1cc(NC2CCC(NC(=O)c3ccc(F)c(Cl)c3)CC2)nc(N(C)C)n1.Cl. The van der Waals surface area contributed by atoms with Crippen LogP contribution in [0.5, 0.6) is 0 Å². The third-order valence-electron chi connectivity index (χ3n) is 4.84. The molecule has 2 N–H and O–H groups in total. The van der Waals surface area contributed by atoms with Gasteiger partial charge in [0.05, 0.1) is 5.02 Å². The van der Waals surface area contributed by atoms with E-state index in [0.29, 0.717) is 17.6 Å². The molecule has 1 heterocycles. The summed E-state index contributed by atoms with van der Waals surface area (Å²) in [6, 6.07) is 6.36. The number of rotatable bonds is 5. The summed E-state index contributed by atoms with van der Waals surface area (Å²) in [5.74, 6) is 0.758. The van der Waals surface area contributed by atoms with Crippen LogP contribution in [0.15, 0.2) is 24.3 Å². The molecule has 0 radical (unpaired) electrons. The molecule has 6 nitrogen and oxygen atoms in total. The molecule has 1 aromatic heterocycles. The largest absolute Gasteiger partial charge is 0.367 e. The third kappa shape index (κ3) is 6.18. The summed E-state index contributed by atoms with van der Waals surface area (Å²) < 4.78 is 13.3. The average molecular weight is 442 g/mol. The first-order valence-corrected chi connectivity index (χ1v) is 9.75. The molecule has 0 saturated heterocycles. The first-order valence-electron chi connectivity index (χ1n) is 9.37. The van der Waals surface area contributed by atoms with Crippen LogP contribution in [0, 0.1) is 12.7 Å². The van der Waals surface area contributed by atoms with Crippen LogP contribution in [0.3, 0.4) is 0 Å². The standard InChI is InChI=1S/C20H25ClFN5O.ClH/c1-12-10-18(26-20(23-12)27(2)3)24-14-5-7-15(8-6-14)25-19(28)13-4-9-17(22)16(21)11-13;/h4,9-11,14-15H,5-8H2,1-3H3,(H,25,28)(H,23,24,26);1H.